The molecule has 0 spiro atoms. The van der Waals surface area contributed by atoms with E-state index in [1.165, 1.54) is 0 Å². The fraction of sp³-hybridized carbons (Fsp3) is 0.909. The highest BCUT2D eigenvalue weighted by Crippen LogP contribution is 2.09. The zero-order chi connectivity index (χ0) is 14.8. The predicted octanol–water partition coefficient (Wildman–Crippen LogP) is 3.03. The summed E-state index contributed by atoms with van der Waals surface area (Å²) in [5.41, 5.74) is 0. The van der Waals surface area contributed by atoms with Crippen LogP contribution < -0.4 is 10.6 Å². The highest BCUT2D eigenvalue weighted by atomic mass is 33.1. The van der Waals surface area contributed by atoms with Crippen molar-refractivity contribution in [2.45, 2.75) is 19.4 Å². The first-order valence-corrected chi connectivity index (χ1v) is 11.4. The number of likely N-dealkylation sites (N-methyl/N-ethyl adjacent to an activating group) is 1. The van der Waals surface area contributed by atoms with Crippen LogP contribution in [0.3, 0.4) is 0 Å². The van der Waals surface area contributed by atoms with Crippen LogP contribution >= 0.6 is 43.2 Å². The molecule has 112 valence electrons. The maximum atomic E-state index is 10.8. The van der Waals surface area contributed by atoms with Crippen LogP contribution in [0.25, 0.3) is 0 Å². The molecular weight excluding hydrogens is 304 g/mol. The monoisotopic (exact) mass is 332 g/mol. The lowest BCUT2D eigenvalue weighted by Crippen LogP contribution is -2.34. The molecule has 0 saturated heterocycles. The molecule has 3 nitrogen and oxygen atoms in total. The minimum atomic E-state index is 0.0208. The van der Waals surface area contributed by atoms with Crippen molar-refractivity contribution in [3.8, 4) is 0 Å². The van der Waals surface area contributed by atoms with E-state index in [2.05, 4.69) is 35.7 Å². The van der Waals surface area contributed by atoms with Crippen LogP contribution in [0.4, 0.5) is 0 Å². The molecule has 0 aliphatic heterocycles. The second-order valence-electron chi connectivity index (χ2n) is 3.01. The van der Waals surface area contributed by atoms with Gasteiger partial charge in [-0.05, 0) is 59.0 Å². The fourth-order valence-electron chi connectivity index (χ4n) is 0.840. The number of carbonyl (C=O) groups is 1. The molecule has 0 aliphatic carbocycles. The van der Waals surface area contributed by atoms with E-state index in [1.54, 1.807) is 50.1 Å². The first kappa shape index (κ1) is 24.0. The zero-order valence-corrected chi connectivity index (χ0v) is 15.8. The Morgan fingerprint density at radius 1 is 1.00 bits per heavy atom. The lowest BCUT2D eigenvalue weighted by atomic mass is 10.1. The smallest absolute Gasteiger partial charge is 0.146 e. The summed E-state index contributed by atoms with van der Waals surface area (Å²) in [4.78, 5) is 10.8. The number of rotatable bonds is 7. The van der Waals surface area contributed by atoms with E-state index in [0.29, 0.717) is 0 Å². The van der Waals surface area contributed by atoms with E-state index in [-0.39, 0.29) is 11.8 Å². The normalized spacial score (nSPS) is 10.6. The Kier molecular flexibility index (Phi) is 30.9. The summed E-state index contributed by atoms with van der Waals surface area (Å²) in [6.07, 6.45) is 9.10. The number of carbonyl (C=O) groups excluding carboxylic acids is 1. The van der Waals surface area contributed by atoms with Crippen LogP contribution in [0.15, 0.2) is 0 Å². The van der Waals surface area contributed by atoms with Gasteiger partial charge >= 0.3 is 0 Å². The van der Waals surface area contributed by atoms with Crippen molar-refractivity contribution in [2.75, 3.05) is 45.7 Å². The van der Waals surface area contributed by atoms with Gasteiger partial charge in [-0.2, -0.15) is 0 Å². The average Bonchev–Trinajstić information content (AvgIpc) is 2.40. The summed E-state index contributed by atoms with van der Waals surface area (Å²) in [5.74, 6) is 0.206. The Labute approximate surface area is 129 Å². The minimum Gasteiger partial charge on any atom is -0.320 e. The van der Waals surface area contributed by atoms with Gasteiger partial charge < -0.3 is 10.6 Å². The lowest BCUT2D eigenvalue weighted by molar-refractivity contribution is -0.118. The van der Waals surface area contributed by atoms with Gasteiger partial charge in [0.05, 0.1) is 6.04 Å². The van der Waals surface area contributed by atoms with E-state index < -0.39 is 0 Å². The van der Waals surface area contributed by atoms with Crippen LogP contribution in [0.5, 0.6) is 0 Å². The van der Waals surface area contributed by atoms with Gasteiger partial charge in [-0.1, -0.05) is 43.2 Å². The van der Waals surface area contributed by atoms with Gasteiger partial charge in [-0.15, -0.1) is 0 Å². The van der Waals surface area contributed by atoms with Crippen LogP contribution in [0.1, 0.15) is 13.3 Å². The number of hydrogen-bond donors (Lipinski definition) is 2. The van der Waals surface area contributed by atoms with E-state index in [4.69, 9.17) is 0 Å². The van der Waals surface area contributed by atoms with E-state index in [9.17, 15) is 4.79 Å². The summed E-state index contributed by atoms with van der Waals surface area (Å²) >= 11 is 0. The topological polar surface area (TPSA) is 41.1 Å². The molecule has 0 rings (SSSR count). The van der Waals surface area contributed by atoms with Gasteiger partial charge in [-0.3, -0.25) is 4.79 Å². The Balaban J connectivity index is -0.000000233. The van der Waals surface area contributed by atoms with Crippen LogP contribution in [-0.2, 0) is 4.79 Å². The Morgan fingerprint density at radius 3 is 1.56 bits per heavy atom. The van der Waals surface area contributed by atoms with Gasteiger partial charge in [0.2, 0.25) is 0 Å². The second-order valence-corrected chi connectivity index (χ2v) is 8.34. The molecule has 1 atom stereocenters. The van der Waals surface area contributed by atoms with Crippen LogP contribution in [0, 0.1) is 0 Å². The number of hydrogen-bond acceptors (Lipinski definition) is 7. The third kappa shape index (κ3) is 25.7. The lowest BCUT2D eigenvalue weighted by Gasteiger charge is -2.10. The third-order valence-corrected chi connectivity index (χ3v) is 4.52. The summed E-state index contributed by atoms with van der Waals surface area (Å²) < 4.78 is 0. The molecule has 18 heavy (non-hydrogen) atoms. The molecule has 0 unspecified atom stereocenters. The van der Waals surface area contributed by atoms with Gasteiger partial charge in [0.15, 0.2) is 0 Å². The van der Waals surface area contributed by atoms with Crippen molar-refractivity contribution >= 4 is 49.0 Å². The molecule has 0 aromatic heterocycles. The minimum absolute atomic E-state index is 0.0208. The molecule has 2 N–H and O–H groups in total. The molecule has 0 fully saturated rings. The van der Waals surface area contributed by atoms with E-state index in [1.807, 2.05) is 14.1 Å². The second kappa shape index (κ2) is 23.1. The van der Waals surface area contributed by atoms with Crippen molar-refractivity contribution in [1.82, 2.24) is 10.6 Å². The maximum Gasteiger partial charge on any atom is 0.146 e. The maximum absolute atomic E-state index is 10.8. The molecular formula is C11H28N2OS4. The quantitative estimate of drug-likeness (QED) is 0.694. The highest BCUT2D eigenvalue weighted by molar-refractivity contribution is 8.76. The largest absolute Gasteiger partial charge is 0.320 e. The van der Waals surface area contributed by atoms with Crippen molar-refractivity contribution in [2.24, 2.45) is 0 Å². The van der Waals surface area contributed by atoms with Gasteiger partial charge in [0, 0.05) is 0 Å². The Hall–Kier alpha value is 0.990. The molecule has 0 saturated carbocycles. The number of Topliss-reactive ketones (excluding diaryl/α,β-unsaturated/α-hetero) is 1. The van der Waals surface area contributed by atoms with Crippen molar-refractivity contribution in [1.29, 1.82) is 0 Å². The standard InChI is InChI=1S/C7H16N2O.2C2H6S2/c1-6(10)7(9-3)4-5-8-2;2*1-3-4-2/h7-9H,4-5H2,1-3H3;2*1-2H3/t7-;;/m0../s1. The summed E-state index contributed by atoms with van der Waals surface area (Å²) in [6.45, 7) is 2.49. The van der Waals surface area contributed by atoms with Crippen molar-refractivity contribution in [3.05, 3.63) is 0 Å². The zero-order valence-electron chi connectivity index (χ0n) is 12.5. The fourth-order valence-corrected chi connectivity index (χ4v) is 0.840. The van der Waals surface area contributed by atoms with E-state index >= 15 is 0 Å². The van der Waals surface area contributed by atoms with Gasteiger partial charge in [-0.25, -0.2) is 0 Å². The van der Waals surface area contributed by atoms with Crippen molar-refractivity contribution < 1.29 is 4.79 Å². The number of ketones is 1. The molecule has 0 heterocycles. The first-order valence-electron chi connectivity index (χ1n) is 5.51. The molecule has 0 bridgehead atoms. The molecule has 0 aromatic carbocycles. The predicted molar refractivity (Wildman–Crippen MR) is 96.1 cm³/mol. The summed E-state index contributed by atoms with van der Waals surface area (Å²) in [5, 5.41) is 5.94. The first-order chi connectivity index (χ1) is 8.55. The van der Waals surface area contributed by atoms with Crippen LogP contribution in [0.2, 0.25) is 0 Å². The molecule has 0 radical (unpaired) electrons. The third-order valence-electron chi connectivity index (χ3n) is 1.86. The molecule has 0 amide bonds. The molecule has 0 aliphatic rings. The Bertz CT molecular complexity index is 154. The van der Waals surface area contributed by atoms with Gasteiger partial charge in [0.1, 0.15) is 5.78 Å². The molecule has 7 heteroatoms. The van der Waals surface area contributed by atoms with Gasteiger partial charge in [0.25, 0.3) is 0 Å². The summed E-state index contributed by atoms with van der Waals surface area (Å²) in [7, 11) is 10.8. The van der Waals surface area contributed by atoms with E-state index in [0.717, 1.165) is 13.0 Å². The van der Waals surface area contributed by atoms with Crippen LogP contribution in [-0.4, -0.2) is 57.5 Å². The van der Waals surface area contributed by atoms with Crippen molar-refractivity contribution in [3.63, 3.8) is 0 Å². The summed E-state index contributed by atoms with van der Waals surface area (Å²) in [6, 6.07) is 0.0208. The molecule has 0 aromatic rings. The number of nitrogens with one attached hydrogen (secondary N) is 2. The average molecular weight is 333 g/mol. The highest BCUT2D eigenvalue weighted by Gasteiger charge is 2.08. The SMILES string of the molecule is CNCC[C@H](NC)C(C)=O.CSSC.CSSC. The Morgan fingerprint density at radius 2 is 1.39 bits per heavy atom.